The maximum atomic E-state index is 12.4. The van der Waals surface area contributed by atoms with Gasteiger partial charge >= 0.3 is 0 Å². The van der Waals surface area contributed by atoms with E-state index < -0.39 is 0 Å². The summed E-state index contributed by atoms with van der Waals surface area (Å²) >= 11 is 0. The first-order chi connectivity index (χ1) is 11.7. The summed E-state index contributed by atoms with van der Waals surface area (Å²) in [7, 11) is 3.20. The first-order valence-electron chi connectivity index (χ1n) is 8.67. The summed E-state index contributed by atoms with van der Waals surface area (Å²) < 4.78 is 10.5. The number of ether oxygens (including phenoxy) is 2. The predicted octanol–water partition coefficient (Wildman–Crippen LogP) is 1.81. The Bertz CT molecular complexity index is 556. The average Bonchev–Trinajstić information content (AvgIpc) is 2.92. The standard InChI is InChI=1S/C18H27N3O3/c1-23-16-9-14(10-17(11-16)24-2)19-18(22)13-20-6-4-8-21-7-3-5-15(21)12-20/h9-11,15H,3-8,12-13H2,1-2H3,(H,19,22)/t15-/m0/s1. The molecule has 6 nitrogen and oxygen atoms in total. The van der Waals surface area contributed by atoms with Gasteiger partial charge in [0.05, 0.1) is 20.8 Å². The fourth-order valence-electron chi connectivity index (χ4n) is 3.71. The van der Waals surface area contributed by atoms with Gasteiger partial charge in [-0.25, -0.2) is 0 Å². The van der Waals surface area contributed by atoms with E-state index in [0.717, 1.165) is 26.1 Å². The molecule has 24 heavy (non-hydrogen) atoms. The average molecular weight is 333 g/mol. The van der Waals surface area contributed by atoms with Crippen molar-refractivity contribution in [3.63, 3.8) is 0 Å². The fraction of sp³-hybridized carbons (Fsp3) is 0.611. The lowest BCUT2D eigenvalue weighted by atomic mass is 10.2. The third kappa shape index (κ3) is 4.19. The molecule has 1 aromatic rings. The van der Waals surface area contributed by atoms with Gasteiger partial charge in [0.25, 0.3) is 0 Å². The Morgan fingerprint density at radius 3 is 2.54 bits per heavy atom. The van der Waals surface area contributed by atoms with Crippen molar-refractivity contribution in [1.82, 2.24) is 9.80 Å². The highest BCUT2D eigenvalue weighted by atomic mass is 16.5. The number of carbonyl (C=O) groups is 1. The number of benzene rings is 1. The molecule has 0 spiro atoms. The molecule has 1 aromatic carbocycles. The number of amides is 1. The number of rotatable bonds is 5. The van der Waals surface area contributed by atoms with Crippen molar-refractivity contribution in [1.29, 1.82) is 0 Å². The van der Waals surface area contributed by atoms with Gasteiger partial charge in [0.1, 0.15) is 11.5 Å². The molecular formula is C18H27N3O3. The highest BCUT2D eigenvalue weighted by Gasteiger charge is 2.29. The minimum absolute atomic E-state index is 0.0109. The summed E-state index contributed by atoms with van der Waals surface area (Å²) in [6.07, 6.45) is 3.68. The van der Waals surface area contributed by atoms with Crippen LogP contribution in [-0.2, 0) is 4.79 Å². The first kappa shape index (κ1) is 17.0. The van der Waals surface area contributed by atoms with Gasteiger partial charge in [-0.1, -0.05) is 0 Å². The van der Waals surface area contributed by atoms with E-state index in [1.54, 1.807) is 20.3 Å². The monoisotopic (exact) mass is 333 g/mol. The minimum atomic E-state index is 0.0109. The molecule has 3 rings (SSSR count). The normalized spacial score (nSPS) is 21.8. The highest BCUT2D eigenvalue weighted by molar-refractivity contribution is 5.92. The van der Waals surface area contributed by atoms with Crippen LogP contribution >= 0.6 is 0 Å². The molecule has 132 valence electrons. The molecule has 0 unspecified atom stereocenters. The number of hydrogen-bond donors (Lipinski definition) is 1. The van der Waals surface area contributed by atoms with Crippen LogP contribution in [0.15, 0.2) is 18.2 Å². The minimum Gasteiger partial charge on any atom is -0.497 e. The van der Waals surface area contributed by atoms with Gasteiger partial charge in [-0.3, -0.25) is 14.6 Å². The van der Waals surface area contributed by atoms with Gasteiger partial charge in [-0.05, 0) is 38.9 Å². The van der Waals surface area contributed by atoms with Crippen molar-refractivity contribution in [3.05, 3.63) is 18.2 Å². The van der Waals surface area contributed by atoms with Gasteiger partial charge in [0.15, 0.2) is 0 Å². The predicted molar refractivity (Wildman–Crippen MR) is 93.8 cm³/mol. The fourth-order valence-corrected chi connectivity index (χ4v) is 3.71. The number of carbonyl (C=O) groups excluding carboxylic acids is 1. The maximum Gasteiger partial charge on any atom is 0.238 e. The number of nitrogens with one attached hydrogen (secondary N) is 1. The van der Waals surface area contributed by atoms with Crippen LogP contribution in [0.5, 0.6) is 11.5 Å². The molecule has 0 radical (unpaired) electrons. The molecule has 0 saturated carbocycles. The summed E-state index contributed by atoms with van der Waals surface area (Å²) in [5.74, 6) is 1.35. The van der Waals surface area contributed by atoms with Crippen molar-refractivity contribution in [2.75, 3.05) is 52.3 Å². The quantitative estimate of drug-likeness (QED) is 0.891. The summed E-state index contributed by atoms with van der Waals surface area (Å²) in [5.41, 5.74) is 0.702. The second-order valence-electron chi connectivity index (χ2n) is 6.57. The molecule has 0 aliphatic carbocycles. The molecule has 2 saturated heterocycles. The molecule has 6 heteroatoms. The molecule has 2 fully saturated rings. The third-order valence-electron chi connectivity index (χ3n) is 4.89. The molecule has 1 amide bonds. The van der Waals surface area contributed by atoms with Crippen LogP contribution in [0, 0.1) is 0 Å². The molecule has 0 aromatic heterocycles. The van der Waals surface area contributed by atoms with Crippen LogP contribution in [0.2, 0.25) is 0 Å². The van der Waals surface area contributed by atoms with Gasteiger partial charge in [0.2, 0.25) is 5.91 Å². The largest absolute Gasteiger partial charge is 0.497 e. The number of fused-ring (bicyclic) bond motifs is 1. The third-order valence-corrected chi connectivity index (χ3v) is 4.89. The highest BCUT2D eigenvalue weighted by Crippen LogP contribution is 2.26. The molecule has 2 aliphatic rings. The Morgan fingerprint density at radius 1 is 1.12 bits per heavy atom. The Labute approximate surface area is 143 Å². The smallest absolute Gasteiger partial charge is 0.238 e. The van der Waals surface area contributed by atoms with E-state index in [0.29, 0.717) is 29.8 Å². The molecule has 2 heterocycles. The maximum absolute atomic E-state index is 12.4. The van der Waals surface area contributed by atoms with E-state index in [4.69, 9.17) is 9.47 Å². The Morgan fingerprint density at radius 2 is 1.83 bits per heavy atom. The second-order valence-corrected chi connectivity index (χ2v) is 6.57. The van der Waals surface area contributed by atoms with Crippen LogP contribution in [0.3, 0.4) is 0 Å². The van der Waals surface area contributed by atoms with Crippen molar-refractivity contribution in [2.45, 2.75) is 25.3 Å². The van der Waals surface area contributed by atoms with Crippen molar-refractivity contribution in [3.8, 4) is 11.5 Å². The lowest BCUT2D eigenvalue weighted by Crippen LogP contribution is -2.40. The van der Waals surface area contributed by atoms with Crippen LogP contribution in [0.1, 0.15) is 19.3 Å². The topological polar surface area (TPSA) is 54.0 Å². The van der Waals surface area contributed by atoms with Gasteiger partial charge in [-0.2, -0.15) is 0 Å². The number of hydrogen-bond acceptors (Lipinski definition) is 5. The van der Waals surface area contributed by atoms with Crippen molar-refractivity contribution < 1.29 is 14.3 Å². The Kier molecular flexibility index (Phi) is 5.58. The van der Waals surface area contributed by atoms with Gasteiger partial charge in [-0.15, -0.1) is 0 Å². The Balaban J connectivity index is 1.59. The van der Waals surface area contributed by atoms with Crippen LogP contribution in [0.4, 0.5) is 5.69 Å². The molecule has 0 bridgehead atoms. The van der Waals surface area contributed by atoms with Gasteiger partial charge < -0.3 is 14.8 Å². The van der Waals surface area contributed by atoms with Gasteiger partial charge in [0, 0.05) is 36.5 Å². The SMILES string of the molecule is COc1cc(NC(=O)CN2CCCN3CCC[C@H]3C2)cc(OC)c1. The van der Waals surface area contributed by atoms with E-state index in [-0.39, 0.29) is 5.91 Å². The van der Waals surface area contributed by atoms with Crippen LogP contribution in [0.25, 0.3) is 0 Å². The van der Waals surface area contributed by atoms with Crippen LogP contribution in [-0.4, -0.2) is 68.7 Å². The van der Waals surface area contributed by atoms with Crippen LogP contribution < -0.4 is 14.8 Å². The van der Waals surface area contributed by atoms with E-state index >= 15 is 0 Å². The van der Waals surface area contributed by atoms with E-state index in [1.807, 2.05) is 12.1 Å². The lowest BCUT2D eigenvalue weighted by molar-refractivity contribution is -0.117. The zero-order valence-electron chi connectivity index (χ0n) is 14.6. The van der Waals surface area contributed by atoms with Crippen molar-refractivity contribution >= 4 is 11.6 Å². The van der Waals surface area contributed by atoms with E-state index in [1.165, 1.54) is 19.4 Å². The summed E-state index contributed by atoms with van der Waals surface area (Å²) in [6.45, 7) is 4.80. The molecule has 1 atom stereocenters. The van der Waals surface area contributed by atoms with E-state index in [9.17, 15) is 4.79 Å². The number of methoxy groups -OCH3 is 2. The summed E-state index contributed by atoms with van der Waals surface area (Å²) in [5, 5.41) is 2.96. The number of anilines is 1. The molecule has 1 N–H and O–H groups in total. The first-order valence-corrected chi connectivity index (χ1v) is 8.67. The zero-order valence-corrected chi connectivity index (χ0v) is 14.6. The summed E-state index contributed by atoms with van der Waals surface area (Å²) in [6, 6.07) is 6.03. The number of nitrogens with zero attached hydrogens (tertiary/aromatic N) is 2. The summed E-state index contributed by atoms with van der Waals surface area (Å²) in [4.78, 5) is 17.3. The Hall–Kier alpha value is -1.79. The van der Waals surface area contributed by atoms with E-state index in [2.05, 4.69) is 15.1 Å². The zero-order chi connectivity index (χ0) is 16.9. The second kappa shape index (κ2) is 7.85. The van der Waals surface area contributed by atoms with Crippen molar-refractivity contribution in [2.24, 2.45) is 0 Å². The molecule has 2 aliphatic heterocycles. The lowest BCUT2D eigenvalue weighted by Gasteiger charge is -2.25. The molecular weight excluding hydrogens is 306 g/mol.